The molecule has 1 aromatic heterocycles. The Bertz CT molecular complexity index is 1380. The summed E-state index contributed by atoms with van der Waals surface area (Å²) < 4.78 is 6.86. The summed E-state index contributed by atoms with van der Waals surface area (Å²) in [7, 11) is 0. The van der Waals surface area contributed by atoms with Crippen LogP contribution in [-0.4, -0.2) is 52.8 Å². The molecule has 2 aromatic carbocycles. The van der Waals surface area contributed by atoms with E-state index in [-0.39, 0.29) is 24.1 Å². The van der Waals surface area contributed by atoms with E-state index in [2.05, 4.69) is 5.32 Å². The standard InChI is InChI=1S/C32H40ClN3O5/c1-5-35(6-2)31(39)12-10-8-7-9-11-19-34-30(38)21-27-22(3)36(32(40)24-13-15-25(33)16-14-24)29-18-17-26(20-28(27)29)41-23(4)37/h13-18,20H,5-12,19,21H2,1-4H3,(H,34,38). The molecule has 1 heterocycles. The summed E-state index contributed by atoms with van der Waals surface area (Å²) in [5.41, 5.74) is 2.44. The Balaban J connectivity index is 1.63. The normalized spacial score (nSPS) is 11.0. The van der Waals surface area contributed by atoms with E-state index in [1.807, 2.05) is 25.7 Å². The zero-order chi connectivity index (χ0) is 29.9. The summed E-state index contributed by atoms with van der Waals surface area (Å²) in [6, 6.07) is 11.7. The first kappa shape index (κ1) is 31.9. The number of hydrogen-bond acceptors (Lipinski definition) is 5. The van der Waals surface area contributed by atoms with E-state index >= 15 is 0 Å². The molecule has 0 saturated carbocycles. The highest BCUT2D eigenvalue weighted by atomic mass is 35.5. The number of halogens is 1. The van der Waals surface area contributed by atoms with E-state index in [0.29, 0.717) is 51.5 Å². The van der Waals surface area contributed by atoms with Crippen molar-refractivity contribution in [3.63, 3.8) is 0 Å². The molecular formula is C32H40ClN3O5. The number of benzene rings is 2. The van der Waals surface area contributed by atoms with Crippen molar-refractivity contribution in [1.29, 1.82) is 0 Å². The Morgan fingerprint density at radius 3 is 2.24 bits per heavy atom. The molecule has 0 radical (unpaired) electrons. The maximum absolute atomic E-state index is 13.5. The molecule has 220 valence electrons. The minimum atomic E-state index is -0.451. The van der Waals surface area contributed by atoms with Crippen molar-refractivity contribution in [3.8, 4) is 5.75 Å². The number of amides is 2. The Morgan fingerprint density at radius 2 is 1.59 bits per heavy atom. The minimum Gasteiger partial charge on any atom is -0.427 e. The molecule has 2 amide bonds. The van der Waals surface area contributed by atoms with Crippen LogP contribution in [-0.2, 0) is 20.8 Å². The van der Waals surface area contributed by atoms with Gasteiger partial charge in [0.05, 0.1) is 11.9 Å². The van der Waals surface area contributed by atoms with Crippen LogP contribution in [0.25, 0.3) is 10.9 Å². The molecule has 0 saturated heterocycles. The number of unbranched alkanes of at least 4 members (excludes halogenated alkanes) is 4. The van der Waals surface area contributed by atoms with Crippen LogP contribution >= 0.6 is 11.6 Å². The Morgan fingerprint density at radius 1 is 0.927 bits per heavy atom. The minimum absolute atomic E-state index is 0.0836. The van der Waals surface area contributed by atoms with Gasteiger partial charge >= 0.3 is 5.97 Å². The van der Waals surface area contributed by atoms with Gasteiger partial charge in [-0.2, -0.15) is 0 Å². The molecular weight excluding hydrogens is 542 g/mol. The maximum Gasteiger partial charge on any atom is 0.308 e. The first-order chi connectivity index (χ1) is 19.7. The number of fused-ring (bicyclic) bond motifs is 1. The first-order valence-electron chi connectivity index (χ1n) is 14.3. The van der Waals surface area contributed by atoms with Crippen molar-refractivity contribution in [2.75, 3.05) is 19.6 Å². The van der Waals surface area contributed by atoms with Crippen molar-refractivity contribution in [1.82, 2.24) is 14.8 Å². The van der Waals surface area contributed by atoms with Crippen LogP contribution in [0.2, 0.25) is 5.02 Å². The molecule has 0 aliphatic carbocycles. The first-order valence-corrected chi connectivity index (χ1v) is 14.7. The molecule has 0 bridgehead atoms. The number of aromatic nitrogens is 1. The smallest absolute Gasteiger partial charge is 0.308 e. The fraction of sp³-hybridized carbons (Fsp3) is 0.438. The highest BCUT2D eigenvalue weighted by Gasteiger charge is 2.22. The number of hydrogen-bond donors (Lipinski definition) is 1. The van der Waals surface area contributed by atoms with Gasteiger partial charge in [0, 0.05) is 54.6 Å². The molecule has 41 heavy (non-hydrogen) atoms. The highest BCUT2D eigenvalue weighted by Crippen LogP contribution is 2.31. The van der Waals surface area contributed by atoms with Crippen LogP contribution in [0.3, 0.4) is 0 Å². The topological polar surface area (TPSA) is 97.7 Å². The van der Waals surface area contributed by atoms with Gasteiger partial charge in [0.15, 0.2) is 0 Å². The van der Waals surface area contributed by atoms with Crippen molar-refractivity contribution in [3.05, 3.63) is 64.3 Å². The van der Waals surface area contributed by atoms with Crippen molar-refractivity contribution in [2.24, 2.45) is 0 Å². The zero-order valence-electron chi connectivity index (χ0n) is 24.4. The van der Waals surface area contributed by atoms with Crippen LogP contribution < -0.4 is 10.1 Å². The summed E-state index contributed by atoms with van der Waals surface area (Å²) in [5, 5.41) is 4.20. The SMILES string of the molecule is CCN(CC)C(=O)CCCCCCCNC(=O)Cc1c(C)n(C(=O)c2ccc(Cl)cc2)c2ccc(OC(C)=O)cc12. The summed E-state index contributed by atoms with van der Waals surface area (Å²) in [6.45, 7) is 9.18. The lowest BCUT2D eigenvalue weighted by atomic mass is 10.1. The van der Waals surface area contributed by atoms with E-state index in [4.69, 9.17) is 16.3 Å². The van der Waals surface area contributed by atoms with Crippen LogP contribution in [0.4, 0.5) is 0 Å². The lowest BCUT2D eigenvalue weighted by Crippen LogP contribution is -2.30. The average Bonchev–Trinajstić information content (AvgIpc) is 3.20. The second-order valence-electron chi connectivity index (χ2n) is 10.1. The van der Waals surface area contributed by atoms with Gasteiger partial charge in [-0.25, -0.2) is 0 Å². The molecule has 3 rings (SSSR count). The van der Waals surface area contributed by atoms with Gasteiger partial charge in [0.25, 0.3) is 5.91 Å². The van der Waals surface area contributed by atoms with E-state index in [0.717, 1.165) is 45.2 Å². The number of ether oxygens (including phenoxy) is 1. The molecule has 3 aromatic rings. The van der Waals surface area contributed by atoms with Gasteiger partial charge < -0.3 is 15.0 Å². The third-order valence-corrected chi connectivity index (χ3v) is 7.46. The van der Waals surface area contributed by atoms with Gasteiger partial charge in [-0.1, -0.05) is 30.9 Å². The molecule has 0 unspecified atom stereocenters. The molecule has 8 nitrogen and oxygen atoms in total. The van der Waals surface area contributed by atoms with Crippen molar-refractivity contribution in [2.45, 2.75) is 72.6 Å². The number of nitrogens with one attached hydrogen (secondary N) is 1. The van der Waals surface area contributed by atoms with Crippen LogP contribution in [0.5, 0.6) is 5.75 Å². The number of esters is 1. The molecule has 0 aliphatic heterocycles. The largest absolute Gasteiger partial charge is 0.427 e. The quantitative estimate of drug-likeness (QED) is 0.141. The third-order valence-electron chi connectivity index (χ3n) is 7.21. The average molecular weight is 582 g/mol. The van der Waals surface area contributed by atoms with E-state index < -0.39 is 5.97 Å². The molecule has 1 N–H and O–H groups in total. The maximum atomic E-state index is 13.5. The van der Waals surface area contributed by atoms with Crippen LogP contribution in [0, 0.1) is 6.92 Å². The fourth-order valence-electron chi connectivity index (χ4n) is 5.02. The fourth-order valence-corrected chi connectivity index (χ4v) is 5.14. The molecule has 0 atom stereocenters. The second-order valence-corrected chi connectivity index (χ2v) is 10.5. The van der Waals surface area contributed by atoms with Crippen LogP contribution in [0.15, 0.2) is 42.5 Å². The van der Waals surface area contributed by atoms with Crippen molar-refractivity contribution >= 4 is 46.2 Å². The van der Waals surface area contributed by atoms with Crippen molar-refractivity contribution < 1.29 is 23.9 Å². The van der Waals surface area contributed by atoms with Gasteiger partial charge in [-0.15, -0.1) is 0 Å². The van der Waals surface area contributed by atoms with Crippen LogP contribution in [0.1, 0.15) is 80.9 Å². The van der Waals surface area contributed by atoms with Gasteiger partial charge in [-0.05, 0) is 81.6 Å². The van der Waals surface area contributed by atoms with E-state index in [9.17, 15) is 19.2 Å². The summed E-state index contributed by atoms with van der Waals surface area (Å²) >= 11 is 6.01. The van der Waals surface area contributed by atoms with E-state index in [1.165, 1.54) is 6.92 Å². The Labute approximate surface area is 247 Å². The number of rotatable bonds is 14. The molecule has 9 heteroatoms. The lowest BCUT2D eigenvalue weighted by Gasteiger charge is -2.18. The summed E-state index contributed by atoms with van der Waals surface area (Å²) in [4.78, 5) is 51.9. The van der Waals surface area contributed by atoms with Gasteiger partial charge in [0.2, 0.25) is 11.8 Å². The second kappa shape index (κ2) is 15.4. The zero-order valence-corrected chi connectivity index (χ0v) is 25.2. The predicted molar refractivity (Wildman–Crippen MR) is 162 cm³/mol. The number of carbonyl (C=O) groups excluding carboxylic acids is 4. The highest BCUT2D eigenvalue weighted by molar-refractivity contribution is 6.30. The van der Waals surface area contributed by atoms with Gasteiger partial charge in [0.1, 0.15) is 5.75 Å². The molecule has 0 fully saturated rings. The third kappa shape index (κ3) is 8.67. The number of nitrogens with zero attached hydrogens (tertiary/aromatic N) is 2. The molecule has 0 spiro atoms. The Kier molecular flexibility index (Phi) is 12.0. The monoisotopic (exact) mass is 581 g/mol. The summed E-state index contributed by atoms with van der Waals surface area (Å²) in [6.07, 6.45) is 5.38. The summed E-state index contributed by atoms with van der Waals surface area (Å²) in [5.74, 6) is -0.272. The lowest BCUT2D eigenvalue weighted by molar-refractivity contribution is -0.132. The molecule has 0 aliphatic rings. The predicted octanol–water partition coefficient (Wildman–Crippen LogP) is 6.08. The number of carbonyl (C=O) groups is 4. The van der Waals surface area contributed by atoms with E-state index in [1.54, 1.807) is 47.0 Å². The Hall–Kier alpha value is -3.65. The van der Waals surface area contributed by atoms with Gasteiger partial charge in [-0.3, -0.25) is 23.7 Å².